The average molecular weight is 296 g/mol. The van der Waals surface area contributed by atoms with Crippen LogP contribution in [-0.2, 0) is 14.8 Å². The normalized spacial score (nSPS) is 18.4. The van der Waals surface area contributed by atoms with Gasteiger partial charge in [-0.25, -0.2) is 8.42 Å². The molecule has 0 amide bonds. The number of sulfonamides is 1. The zero-order valence-electron chi connectivity index (χ0n) is 11.5. The minimum Gasteiger partial charge on any atom is -0.497 e. The van der Waals surface area contributed by atoms with Crippen molar-refractivity contribution in [2.45, 2.75) is 25.9 Å². The van der Waals surface area contributed by atoms with Gasteiger partial charge in [-0.3, -0.25) is 4.72 Å². The van der Waals surface area contributed by atoms with Crippen molar-refractivity contribution in [3.8, 4) is 0 Å². The summed E-state index contributed by atoms with van der Waals surface area (Å²) < 4.78 is 30.9. The minimum absolute atomic E-state index is 0.0690. The molecule has 1 aromatic carbocycles. The van der Waals surface area contributed by atoms with Gasteiger partial charge < -0.3 is 10.1 Å². The molecule has 0 aromatic heterocycles. The van der Waals surface area contributed by atoms with Gasteiger partial charge in [0.25, 0.3) is 0 Å². The maximum Gasteiger partial charge on any atom is 0.232 e. The number of anilines is 2. The Hall–Kier alpha value is -1.69. The molecule has 0 fully saturated rings. The van der Waals surface area contributed by atoms with Gasteiger partial charge in [-0.05, 0) is 50.1 Å². The largest absolute Gasteiger partial charge is 0.497 e. The lowest BCUT2D eigenvalue weighted by Crippen LogP contribution is -2.22. The third-order valence-electron chi connectivity index (χ3n) is 3.09. The fourth-order valence-electron chi connectivity index (χ4n) is 1.87. The molecule has 1 aliphatic heterocycles. The van der Waals surface area contributed by atoms with E-state index in [2.05, 4.69) is 10.0 Å². The number of hydrogen-bond donors (Lipinski definition) is 2. The molecule has 0 spiro atoms. The van der Waals surface area contributed by atoms with Crippen LogP contribution in [0.1, 0.15) is 19.8 Å². The number of hydrogen-bond acceptors (Lipinski definition) is 4. The molecule has 0 saturated heterocycles. The third kappa shape index (κ3) is 4.45. The Bertz CT molecular complexity index is 552. The SMILES string of the molecule is CCS(=O)(=O)Nc1ccc(NCC2CCC=CO2)cc1. The van der Waals surface area contributed by atoms with E-state index >= 15 is 0 Å². The second-order valence-electron chi connectivity index (χ2n) is 4.67. The van der Waals surface area contributed by atoms with E-state index in [4.69, 9.17) is 4.74 Å². The highest BCUT2D eigenvalue weighted by atomic mass is 32.2. The Labute approximate surface area is 120 Å². The van der Waals surface area contributed by atoms with E-state index in [1.54, 1.807) is 25.3 Å². The molecule has 1 atom stereocenters. The van der Waals surface area contributed by atoms with Crippen LogP contribution in [0.25, 0.3) is 0 Å². The van der Waals surface area contributed by atoms with Gasteiger partial charge in [-0.2, -0.15) is 0 Å². The van der Waals surface area contributed by atoms with Crippen molar-refractivity contribution in [2.75, 3.05) is 22.3 Å². The molecule has 0 aliphatic carbocycles. The third-order valence-corrected chi connectivity index (χ3v) is 4.40. The molecule has 1 aromatic rings. The second kappa shape index (κ2) is 6.65. The molecule has 5 nitrogen and oxygen atoms in total. The van der Waals surface area contributed by atoms with E-state index in [0.717, 1.165) is 25.1 Å². The van der Waals surface area contributed by atoms with Crippen LogP contribution < -0.4 is 10.0 Å². The molecule has 0 radical (unpaired) electrons. The van der Waals surface area contributed by atoms with Crippen LogP contribution in [0.4, 0.5) is 11.4 Å². The summed E-state index contributed by atoms with van der Waals surface area (Å²) in [4.78, 5) is 0. The quantitative estimate of drug-likeness (QED) is 0.846. The average Bonchev–Trinajstić information content (AvgIpc) is 2.47. The predicted molar refractivity (Wildman–Crippen MR) is 81.3 cm³/mol. The first kappa shape index (κ1) is 14.7. The van der Waals surface area contributed by atoms with E-state index in [1.807, 2.05) is 18.2 Å². The maximum absolute atomic E-state index is 11.4. The van der Waals surface area contributed by atoms with Gasteiger partial charge in [0.2, 0.25) is 10.0 Å². The molecule has 2 rings (SSSR count). The van der Waals surface area contributed by atoms with Gasteiger partial charge in [-0.15, -0.1) is 0 Å². The number of ether oxygens (including phenoxy) is 1. The summed E-state index contributed by atoms with van der Waals surface area (Å²) in [5.41, 5.74) is 1.52. The van der Waals surface area contributed by atoms with Crippen molar-refractivity contribution >= 4 is 21.4 Å². The van der Waals surface area contributed by atoms with Crippen molar-refractivity contribution in [1.82, 2.24) is 0 Å². The Morgan fingerprint density at radius 1 is 1.25 bits per heavy atom. The van der Waals surface area contributed by atoms with Crippen LogP contribution in [0.5, 0.6) is 0 Å². The summed E-state index contributed by atoms with van der Waals surface area (Å²) in [6, 6.07) is 7.20. The molecule has 110 valence electrons. The van der Waals surface area contributed by atoms with Gasteiger partial charge in [0, 0.05) is 11.4 Å². The van der Waals surface area contributed by atoms with Gasteiger partial charge in [-0.1, -0.05) is 0 Å². The molecule has 1 aliphatic rings. The molecule has 1 unspecified atom stereocenters. The van der Waals surface area contributed by atoms with Gasteiger partial charge >= 0.3 is 0 Å². The van der Waals surface area contributed by atoms with Crippen LogP contribution in [-0.4, -0.2) is 26.8 Å². The van der Waals surface area contributed by atoms with Crippen molar-refractivity contribution in [3.63, 3.8) is 0 Å². The second-order valence-corrected chi connectivity index (χ2v) is 6.68. The Kier molecular flexibility index (Phi) is 4.89. The van der Waals surface area contributed by atoms with Gasteiger partial charge in [0.15, 0.2) is 0 Å². The predicted octanol–water partition coefficient (Wildman–Crippen LogP) is 2.55. The van der Waals surface area contributed by atoms with Crippen molar-refractivity contribution < 1.29 is 13.2 Å². The zero-order chi connectivity index (χ0) is 14.4. The lowest BCUT2D eigenvalue weighted by atomic mass is 10.1. The summed E-state index contributed by atoms with van der Waals surface area (Å²) in [7, 11) is -3.21. The monoisotopic (exact) mass is 296 g/mol. The lowest BCUT2D eigenvalue weighted by Gasteiger charge is -2.20. The molecule has 6 heteroatoms. The van der Waals surface area contributed by atoms with Gasteiger partial charge in [0.1, 0.15) is 6.10 Å². The summed E-state index contributed by atoms with van der Waals surface area (Å²) in [6.45, 7) is 2.35. The lowest BCUT2D eigenvalue weighted by molar-refractivity contribution is 0.135. The molecule has 1 heterocycles. The summed E-state index contributed by atoms with van der Waals surface area (Å²) in [5, 5.41) is 3.28. The number of rotatable bonds is 6. The smallest absolute Gasteiger partial charge is 0.232 e. The van der Waals surface area contributed by atoms with Crippen LogP contribution in [0, 0.1) is 0 Å². The standard InChI is InChI=1S/C14H20N2O3S/c1-2-20(17,18)16-13-8-6-12(7-9-13)15-11-14-5-3-4-10-19-14/h4,6-10,14-16H,2-3,5,11H2,1H3. The zero-order valence-corrected chi connectivity index (χ0v) is 12.3. The number of nitrogens with one attached hydrogen (secondary N) is 2. The Morgan fingerprint density at radius 3 is 2.55 bits per heavy atom. The Balaban J connectivity index is 1.86. The fraction of sp³-hybridized carbons (Fsp3) is 0.429. The summed E-state index contributed by atoms with van der Waals surface area (Å²) >= 11 is 0. The van der Waals surface area contributed by atoms with Crippen molar-refractivity contribution in [2.24, 2.45) is 0 Å². The fourth-order valence-corrected chi connectivity index (χ4v) is 2.51. The van der Waals surface area contributed by atoms with E-state index in [-0.39, 0.29) is 11.9 Å². The number of allylic oxidation sites excluding steroid dienone is 1. The summed E-state index contributed by atoms with van der Waals surface area (Å²) in [5.74, 6) is 0.0690. The maximum atomic E-state index is 11.4. The molecule has 20 heavy (non-hydrogen) atoms. The van der Waals surface area contributed by atoms with E-state index in [0.29, 0.717) is 5.69 Å². The van der Waals surface area contributed by atoms with E-state index in [1.165, 1.54) is 0 Å². The van der Waals surface area contributed by atoms with Gasteiger partial charge in [0.05, 0.1) is 18.6 Å². The summed E-state index contributed by atoms with van der Waals surface area (Å²) in [6.07, 6.45) is 6.02. The first-order valence-electron chi connectivity index (χ1n) is 6.74. The molecular formula is C14H20N2O3S. The van der Waals surface area contributed by atoms with E-state index in [9.17, 15) is 8.42 Å². The van der Waals surface area contributed by atoms with Crippen LogP contribution in [0.2, 0.25) is 0 Å². The molecule has 0 bridgehead atoms. The topological polar surface area (TPSA) is 67.4 Å². The van der Waals surface area contributed by atoms with Crippen LogP contribution in [0.3, 0.4) is 0 Å². The van der Waals surface area contributed by atoms with E-state index < -0.39 is 10.0 Å². The highest BCUT2D eigenvalue weighted by molar-refractivity contribution is 7.92. The molecule has 2 N–H and O–H groups in total. The van der Waals surface area contributed by atoms with Crippen LogP contribution in [0.15, 0.2) is 36.6 Å². The minimum atomic E-state index is -3.21. The molecular weight excluding hydrogens is 276 g/mol. The van der Waals surface area contributed by atoms with Crippen LogP contribution >= 0.6 is 0 Å². The first-order valence-corrected chi connectivity index (χ1v) is 8.39. The first-order chi connectivity index (χ1) is 9.59. The Morgan fingerprint density at radius 2 is 1.95 bits per heavy atom. The highest BCUT2D eigenvalue weighted by Gasteiger charge is 2.10. The van der Waals surface area contributed by atoms with Crippen molar-refractivity contribution in [1.29, 1.82) is 0 Å². The number of benzene rings is 1. The van der Waals surface area contributed by atoms with Crippen molar-refractivity contribution in [3.05, 3.63) is 36.6 Å². The highest BCUT2D eigenvalue weighted by Crippen LogP contribution is 2.16. The molecule has 0 saturated carbocycles.